The second-order valence-corrected chi connectivity index (χ2v) is 4.94. The van der Waals surface area contributed by atoms with Gasteiger partial charge in [0, 0.05) is 6.54 Å². The Bertz CT molecular complexity index is 147. The summed E-state index contributed by atoms with van der Waals surface area (Å²) in [6.07, 6.45) is 6.66. The predicted octanol–water partition coefficient (Wildman–Crippen LogP) is 2.09. The van der Waals surface area contributed by atoms with Crippen LogP contribution in [0.25, 0.3) is 0 Å². The minimum absolute atomic E-state index is 0.857. The molecular formula is C12H26N2. The molecule has 1 aliphatic carbocycles. The van der Waals surface area contributed by atoms with Crippen molar-refractivity contribution in [1.29, 1.82) is 0 Å². The lowest BCUT2D eigenvalue weighted by molar-refractivity contribution is 0.306. The van der Waals surface area contributed by atoms with Crippen LogP contribution in [-0.4, -0.2) is 31.6 Å². The Morgan fingerprint density at radius 1 is 1.21 bits per heavy atom. The summed E-state index contributed by atoms with van der Waals surface area (Å²) >= 11 is 0. The van der Waals surface area contributed by atoms with Crippen LogP contribution >= 0.6 is 0 Å². The first-order chi connectivity index (χ1) is 6.74. The zero-order valence-corrected chi connectivity index (χ0v) is 9.84. The van der Waals surface area contributed by atoms with Crippen molar-refractivity contribution in [3.63, 3.8) is 0 Å². The third-order valence-corrected chi connectivity index (χ3v) is 3.32. The summed E-state index contributed by atoms with van der Waals surface area (Å²) in [5.41, 5.74) is 5.45. The van der Waals surface area contributed by atoms with Crippen LogP contribution in [0.4, 0.5) is 0 Å². The van der Waals surface area contributed by atoms with Gasteiger partial charge in [0.25, 0.3) is 0 Å². The Labute approximate surface area is 88.8 Å². The predicted molar refractivity (Wildman–Crippen MR) is 62.3 cm³/mol. The molecule has 2 heteroatoms. The van der Waals surface area contributed by atoms with Crippen molar-refractivity contribution in [3.8, 4) is 0 Å². The first-order valence-electron chi connectivity index (χ1n) is 6.12. The van der Waals surface area contributed by atoms with E-state index in [1.165, 1.54) is 45.2 Å². The molecule has 0 radical (unpaired) electrons. The molecule has 0 heterocycles. The van der Waals surface area contributed by atoms with Crippen molar-refractivity contribution in [3.05, 3.63) is 0 Å². The molecule has 14 heavy (non-hydrogen) atoms. The topological polar surface area (TPSA) is 29.3 Å². The van der Waals surface area contributed by atoms with E-state index in [-0.39, 0.29) is 0 Å². The Hall–Kier alpha value is -0.0800. The Balaban J connectivity index is 1.85. The van der Waals surface area contributed by atoms with E-state index in [0.29, 0.717) is 0 Å². The van der Waals surface area contributed by atoms with Crippen LogP contribution in [0.5, 0.6) is 0 Å². The van der Waals surface area contributed by atoms with E-state index in [1.54, 1.807) is 0 Å². The molecule has 84 valence electrons. The summed E-state index contributed by atoms with van der Waals surface area (Å²) in [4.78, 5) is 2.50. The average Bonchev–Trinajstić information content (AvgIpc) is 2.81. The molecule has 2 nitrogen and oxygen atoms in total. The normalized spacial score (nSPS) is 25.7. The minimum Gasteiger partial charge on any atom is -0.330 e. The van der Waals surface area contributed by atoms with Crippen molar-refractivity contribution >= 4 is 0 Å². The van der Waals surface area contributed by atoms with Crippen LogP contribution < -0.4 is 5.73 Å². The van der Waals surface area contributed by atoms with Gasteiger partial charge in [0.2, 0.25) is 0 Å². The van der Waals surface area contributed by atoms with Crippen molar-refractivity contribution in [1.82, 2.24) is 4.90 Å². The van der Waals surface area contributed by atoms with Gasteiger partial charge in [-0.2, -0.15) is 0 Å². The molecule has 0 aromatic heterocycles. The van der Waals surface area contributed by atoms with Crippen molar-refractivity contribution in [2.45, 2.75) is 39.0 Å². The highest BCUT2D eigenvalue weighted by Crippen LogP contribution is 2.37. The Morgan fingerprint density at radius 3 is 2.43 bits per heavy atom. The van der Waals surface area contributed by atoms with Crippen molar-refractivity contribution in [2.24, 2.45) is 17.6 Å². The van der Waals surface area contributed by atoms with Gasteiger partial charge in [-0.3, -0.25) is 0 Å². The Kier molecular flexibility index (Phi) is 5.49. The van der Waals surface area contributed by atoms with Crippen LogP contribution in [0.15, 0.2) is 0 Å². The Morgan fingerprint density at radius 2 is 1.86 bits per heavy atom. The summed E-state index contributed by atoms with van der Waals surface area (Å²) in [6, 6.07) is 0. The molecule has 0 aliphatic heterocycles. The second-order valence-electron chi connectivity index (χ2n) is 4.94. The summed E-state index contributed by atoms with van der Waals surface area (Å²) in [6.45, 7) is 5.81. The first kappa shape index (κ1) is 12.0. The van der Waals surface area contributed by atoms with Gasteiger partial charge in [-0.15, -0.1) is 0 Å². The number of nitrogens with two attached hydrogens (primary N) is 1. The number of nitrogens with zero attached hydrogens (tertiary/aromatic N) is 1. The lowest BCUT2D eigenvalue weighted by Gasteiger charge is -2.15. The second kappa shape index (κ2) is 6.41. The smallest absolute Gasteiger partial charge is 0.000926 e. The third-order valence-electron chi connectivity index (χ3n) is 3.32. The highest BCUT2D eigenvalue weighted by atomic mass is 15.1. The summed E-state index contributed by atoms with van der Waals surface area (Å²) < 4.78 is 0. The van der Waals surface area contributed by atoms with Gasteiger partial charge in [-0.25, -0.2) is 0 Å². The number of hydrogen-bond acceptors (Lipinski definition) is 2. The number of unbranched alkanes of at least 4 members (excludes halogenated alkanes) is 3. The van der Waals surface area contributed by atoms with Crippen molar-refractivity contribution < 1.29 is 0 Å². The zero-order chi connectivity index (χ0) is 10.4. The van der Waals surface area contributed by atoms with Gasteiger partial charge in [0.05, 0.1) is 0 Å². The summed E-state index contributed by atoms with van der Waals surface area (Å²) in [5.74, 6) is 2.00. The summed E-state index contributed by atoms with van der Waals surface area (Å²) in [7, 11) is 2.26. The van der Waals surface area contributed by atoms with E-state index in [0.717, 1.165) is 18.4 Å². The van der Waals surface area contributed by atoms with E-state index >= 15 is 0 Å². The van der Waals surface area contributed by atoms with E-state index in [4.69, 9.17) is 5.73 Å². The highest BCUT2D eigenvalue weighted by molar-refractivity contribution is 4.84. The summed E-state index contributed by atoms with van der Waals surface area (Å²) in [5, 5.41) is 0. The van der Waals surface area contributed by atoms with Crippen LogP contribution in [0.1, 0.15) is 39.0 Å². The van der Waals surface area contributed by atoms with Gasteiger partial charge < -0.3 is 10.6 Å². The van der Waals surface area contributed by atoms with Crippen LogP contribution in [0.2, 0.25) is 0 Å². The molecule has 2 atom stereocenters. The fourth-order valence-corrected chi connectivity index (χ4v) is 2.02. The average molecular weight is 198 g/mol. The molecule has 1 aliphatic rings. The fourth-order valence-electron chi connectivity index (χ4n) is 2.02. The molecule has 1 rings (SSSR count). The SMILES string of the molecule is CC1CC1CN(C)CCCCCCN. The van der Waals surface area contributed by atoms with Gasteiger partial charge in [-0.1, -0.05) is 19.8 Å². The van der Waals surface area contributed by atoms with Crippen molar-refractivity contribution in [2.75, 3.05) is 26.7 Å². The zero-order valence-electron chi connectivity index (χ0n) is 9.84. The van der Waals surface area contributed by atoms with Crippen LogP contribution in [0, 0.1) is 11.8 Å². The molecule has 2 unspecified atom stereocenters. The lowest BCUT2D eigenvalue weighted by Crippen LogP contribution is -2.22. The van der Waals surface area contributed by atoms with Gasteiger partial charge in [0.15, 0.2) is 0 Å². The quantitative estimate of drug-likeness (QED) is 0.605. The lowest BCUT2D eigenvalue weighted by atomic mass is 10.2. The molecule has 0 spiro atoms. The highest BCUT2D eigenvalue weighted by Gasteiger charge is 2.32. The monoisotopic (exact) mass is 198 g/mol. The van der Waals surface area contributed by atoms with Crippen LogP contribution in [0.3, 0.4) is 0 Å². The molecule has 0 saturated heterocycles. The fraction of sp³-hybridized carbons (Fsp3) is 1.00. The maximum atomic E-state index is 5.45. The largest absolute Gasteiger partial charge is 0.330 e. The third kappa shape index (κ3) is 4.97. The number of rotatable bonds is 8. The molecule has 1 saturated carbocycles. The van der Waals surface area contributed by atoms with Crippen LogP contribution in [-0.2, 0) is 0 Å². The molecule has 0 amide bonds. The molecular weight excluding hydrogens is 172 g/mol. The van der Waals surface area contributed by atoms with E-state index in [2.05, 4.69) is 18.9 Å². The first-order valence-corrected chi connectivity index (χ1v) is 6.12. The van der Waals surface area contributed by atoms with Gasteiger partial charge in [0.1, 0.15) is 0 Å². The van der Waals surface area contributed by atoms with E-state index in [1.807, 2.05) is 0 Å². The maximum absolute atomic E-state index is 5.45. The van der Waals surface area contributed by atoms with E-state index < -0.39 is 0 Å². The molecule has 1 fully saturated rings. The molecule has 0 bridgehead atoms. The van der Waals surface area contributed by atoms with Gasteiger partial charge in [-0.05, 0) is 51.2 Å². The number of hydrogen-bond donors (Lipinski definition) is 1. The minimum atomic E-state index is 0.857. The van der Waals surface area contributed by atoms with E-state index in [9.17, 15) is 0 Å². The molecule has 0 aromatic rings. The molecule has 0 aromatic carbocycles. The van der Waals surface area contributed by atoms with Gasteiger partial charge >= 0.3 is 0 Å². The maximum Gasteiger partial charge on any atom is 0.000926 e. The standard InChI is InChI=1S/C12H26N2/c1-11-9-12(11)10-14(2)8-6-4-3-5-7-13/h11-12H,3-10,13H2,1-2H3. The molecule has 2 N–H and O–H groups in total.